The van der Waals surface area contributed by atoms with Crippen LogP contribution in [0.2, 0.25) is 0 Å². The van der Waals surface area contributed by atoms with Crippen molar-refractivity contribution in [2.45, 2.75) is 33.1 Å². The third-order valence-electron chi connectivity index (χ3n) is 2.95. The van der Waals surface area contributed by atoms with E-state index in [0.717, 1.165) is 12.5 Å². The second kappa shape index (κ2) is 4.04. The zero-order valence-corrected chi connectivity index (χ0v) is 9.14. The van der Waals surface area contributed by atoms with Crippen LogP contribution < -0.4 is 5.32 Å². The van der Waals surface area contributed by atoms with Gasteiger partial charge in [0.1, 0.15) is 0 Å². The smallest absolute Gasteiger partial charge is 0.0405 e. The molecule has 76 valence electrons. The van der Waals surface area contributed by atoms with Gasteiger partial charge >= 0.3 is 0 Å². The molecule has 0 radical (unpaired) electrons. The van der Waals surface area contributed by atoms with Crippen molar-refractivity contribution in [2.75, 3.05) is 11.9 Å². The first-order valence-corrected chi connectivity index (χ1v) is 5.66. The molecular weight excluding hydrogens is 170 g/mol. The number of nitrogens with one attached hydrogen (secondary N) is 1. The van der Waals surface area contributed by atoms with Gasteiger partial charge in [0, 0.05) is 12.2 Å². The van der Waals surface area contributed by atoms with E-state index in [1.54, 1.807) is 0 Å². The number of benzene rings is 1. The molecule has 0 spiro atoms. The van der Waals surface area contributed by atoms with E-state index in [-0.39, 0.29) is 0 Å². The lowest BCUT2D eigenvalue weighted by Gasteiger charge is -2.25. The molecule has 2 rings (SSSR count). The minimum Gasteiger partial charge on any atom is -0.384 e. The molecule has 1 atom stereocenters. The molecule has 0 saturated heterocycles. The predicted octanol–water partition coefficient (Wildman–Crippen LogP) is 3.24. The molecule has 1 aromatic carbocycles. The van der Waals surface area contributed by atoms with Crippen molar-refractivity contribution in [1.82, 2.24) is 0 Å². The second-order valence-corrected chi connectivity index (χ2v) is 4.39. The molecule has 0 saturated carbocycles. The van der Waals surface area contributed by atoms with Gasteiger partial charge in [-0.05, 0) is 29.9 Å². The first kappa shape index (κ1) is 9.57. The van der Waals surface area contributed by atoms with Crippen LogP contribution in [0.15, 0.2) is 18.2 Å². The van der Waals surface area contributed by atoms with Gasteiger partial charge in [0.15, 0.2) is 0 Å². The van der Waals surface area contributed by atoms with E-state index in [1.807, 2.05) is 0 Å². The van der Waals surface area contributed by atoms with Gasteiger partial charge < -0.3 is 5.32 Å². The molecule has 1 aliphatic rings. The van der Waals surface area contributed by atoms with Crippen LogP contribution in [0.4, 0.5) is 5.69 Å². The SMILES string of the molecule is CCCc1cccc2c1NCC(C)C2. The summed E-state index contributed by atoms with van der Waals surface area (Å²) in [6.45, 7) is 5.68. The van der Waals surface area contributed by atoms with E-state index < -0.39 is 0 Å². The van der Waals surface area contributed by atoms with Gasteiger partial charge in [0.05, 0.1) is 0 Å². The molecule has 0 fully saturated rings. The molecule has 14 heavy (non-hydrogen) atoms. The molecule has 1 aliphatic heterocycles. The normalized spacial score (nSPS) is 20.0. The van der Waals surface area contributed by atoms with E-state index in [1.165, 1.54) is 36.1 Å². The highest BCUT2D eigenvalue weighted by Gasteiger charge is 2.16. The van der Waals surface area contributed by atoms with Crippen molar-refractivity contribution in [2.24, 2.45) is 5.92 Å². The highest BCUT2D eigenvalue weighted by Crippen LogP contribution is 2.28. The summed E-state index contributed by atoms with van der Waals surface area (Å²) in [6.07, 6.45) is 3.66. The van der Waals surface area contributed by atoms with E-state index >= 15 is 0 Å². The first-order valence-electron chi connectivity index (χ1n) is 5.66. The zero-order valence-electron chi connectivity index (χ0n) is 9.14. The Kier molecular flexibility index (Phi) is 2.76. The Balaban J connectivity index is 2.31. The number of rotatable bonds is 2. The predicted molar refractivity (Wildman–Crippen MR) is 61.8 cm³/mol. The molecular formula is C13H19N. The molecule has 0 bridgehead atoms. The summed E-state index contributed by atoms with van der Waals surface area (Å²) in [6, 6.07) is 6.71. The van der Waals surface area contributed by atoms with Crippen molar-refractivity contribution >= 4 is 5.69 Å². The largest absolute Gasteiger partial charge is 0.384 e. The molecule has 1 heteroatoms. The summed E-state index contributed by atoms with van der Waals surface area (Å²) in [5.41, 5.74) is 4.43. The highest BCUT2D eigenvalue weighted by molar-refractivity contribution is 5.59. The van der Waals surface area contributed by atoms with Crippen molar-refractivity contribution < 1.29 is 0 Å². The number of hydrogen-bond donors (Lipinski definition) is 1. The third-order valence-corrected chi connectivity index (χ3v) is 2.95. The van der Waals surface area contributed by atoms with Crippen LogP contribution in [0, 0.1) is 5.92 Å². The van der Waals surface area contributed by atoms with Gasteiger partial charge in [-0.2, -0.15) is 0 Å². The quantitative estimate of drug-likeness (QED) is 0.753. The number of fused-ring (bicyclic) bond motifs is 1. The maximum atomic E-state index is 3.57. The maximum Gasteiger partial charge on any atom is 0.0405 e. The van der Waals surface area contributed by atoms with Crippen LogP contribution in [-0.4, -0.2) is 6.54 Å². The Labute approximate surface area is 86.5 Å². The molecule has 1 aromatic rings. The fourth-order valence-corrected chi connectivity index (χ4v) is 2.25. The van der Waals surface area contributed by atoms with E-state index in [4.69, 9.17) is 0 Å². The van der Waals surface area contributed by atoms with Gasteiger partial charge in [0.25, 0.3) is 0 Å². The third kappa shape index (κ3) is 1.77. The molecule has 0 amide bonds. The summed E-state index contributed by atoms with van der Waals surface area (Å²) in [7, 11) is 0. The Morgan fingerprint density at radius 2 is 2.29 bits per heavy atom. The van der Waals surface area contributed by atoms with Crippen molar-refractivity contribution in [3.8, 4) is 0 Å². The molecule has 1 unspecified atom stereocenters. The molecule has 0 aromatic heterocycles. The number of para-hydroxylation sites is 1. The van der Waals surface area contributed by atoms with Crippen molar-refractivity contribution in [1.29, 1.82) is 0 Å². The second-order valence-electron chi connectivity index (χ2n) is 4.39. The van der Waals surface area contributed by atoms with Crippen LogP contribution in [-0.2, 0) is 12.8 Å². The summed E-state index contributed by atoms with van der Waals surface area (Å²) in [4.78, 5) is 0. The van der Waals surface area contributed by atoms with Gasteiger partial charge in [-0.15, -0.1) is 0 Å². The lowest BCUT2D eigenvalue weighted by atomic mass is 9.92. The summed E-state index contributed by atoms with van der Waals surface area (Å²) in [5.74, 6) is 0.777. The standard InChI is InChI=1S/C13H19N/c1-3-5-11-6-4-7-12-8-10(2)9-14-13(11)12/h4,6-7,10,14H,3,5,8-9H2,1-2H3. The van der Waals surface area contributed by atoms with Crippen LogP contribution in [0.1, 0.15) is 31.4 Å². The van der Waals surface area contributed by atoms with Crippen LogP contribution in [0.3, 0.4) is 0 Å². The van der Waals surface area contributed by atoms with Gasteiger partial charge in [-0.1, -0.05) is 38.5 Å². The fraction of sp³-hybridized carbons (Fsp3) is 0.538. The minimum atomic E-state index is 0.777. The topological polar surface area (TPSA) is 12.0 Å². The van der Waals surface area contributed by atoms with Crippen molar-refractivity contribution in [3.05, 3.63) is 29.3 Å². The Bertz CT molecular complexity index is 303. The van der Waals surface area contributed by atoms with Gasteiger partial charge in [-0.3, -0.25) is 0 Å². The highest BCUT2D eigenvalue weighted by atomic mass is 14.9. The lowest BCUT2D eigenvalue weighted by molar-refractivity contribution is 0.593. The maximum absolute atomic E-state index is 3.57. The van der Waals surface area contributed by atoms with E-state index in [9.17, 15) is 0 Å². The van der Waals surface area contributed by atoms with E-state index in [2.05, 4.69) is 37.4 Å². The number of hydrogen-bond acceptors (Lipinski definition) is 1. The molecule has 1 nitrogen and oxygen atoms in total. The molecule has 1 N–H and O–H groups in total. The van der Waals surface area contributed by atoms with Crippen LogP contribution in [0.25, 0.3) is 0 Å². The van der Waals surface area contributed by atoms with Crippen LogP contribution >= 0.6 is 0 Å². The Morgan fingerprint density at radius 3 is 3.07 bits per heavy atom. The van der Waals surface area contributed by atoms with Gasteiger partial charge in [0.2, 0.25) is 0 Å². The Morgan fingerprint density at radius 1 is 1.43 bits per heavy atom. The summed E-state index contributed by atoms with van der Waals surface area (Å²) < 4.78 is 0. The summed E-state index contributed by atoms with van der Waals surface area (Å²) >= 11 is 0. The zero-order chi connectivity index (χ0) is 9.97. The number of aryl methyl sites for hydroxylation is 1. The minimum absolute atomic E-state index is 0.777. The average molecular weight is 189 g/mol. The van der Waals surface area contributed by atoms with E-state index in [0.29, 0.717) is 0 Å². The van der Waals surface area contributed by atoms with Crippen molar-refractivity contribution in [3.63, 3.8) is 0 Å². The lowest BCUT2D eigenvalue weighted by Crippen LogP contribution is -2.21. The first-order chi connectivity index (χ1) is 6.81. The number of anilines is 1. The fourth-order valence-electron chi connectivity index (χ4n) is 2.25. The Hall–Kier alpha value is -0.980. The summed E-state index contributed by atoms with van der Waals surface area (Å²) in [5, 5.41) is 3.57. The molecule has 0 aliphatic carbocycles. The molecule has 1 heterocycles. The van der Waals surface area contributed by atoms with Crippen LogP contribution in [0.5, 0.6) is 0 Å². The monoisotopic (exact) mass is 189 g/mol. The average Bonchev–Trinajstić information content (AvgIpc) is 2.18. The van der Waals surface area contributed by atoms with Gasteiger partial charge in [-0.25, -0.2) is 0 Å².